The minimum atomic E-state index is -0.408. The predicted molar refractivity (Wildman–Crippen MR) is 89.1 cm³/mol. The van der Waals surface area contributed by atoms with Crippen molar-refractivity contribution in [1.29, 1.82) is 0 Å². The van der Waals surface area contributed by atoms with Crippen molar-refractivity contribution in [2.45, 2.75) is 26.3 Å². The third-order valence-electron chi connectivity index (χ3n) is 3.58. The first-order valence-electron chi connectivity index (χ1n) is 6.79. The summed E-state index contributed by atoms with van der Waals surface area (Å²) in [4.78, 5) is 12.2. The van der Waals surface area contributed by atoms with Crippen LogP contribution in [0.5, 0.6) is 5.75 Å². The molecule has 21 heavy (non-hydrogen) atoms. The molecular formula is C16H25ClN2O2. The molecule has 5 heteroatoms. The van der Waals surface area contributed by atoms with Gasteiger partial charge in [-0.25, -0.2) is 0 Å². The number of hydrogen-bond donors (Lipinski definition) is 2. The van der Waals surface area contributed by atoms with Crippen LogP contribution in [0.3, 0.4) is 0 Å². The molecule has 0 aliphatic heterocycles. The minimum Gasteiger partial charge on any atom is -0.490 e. The minimum absolute atomic E-state index is 0. The summed E-state index contributed by atoms with van der Waals surface area (Å²) in [6.45, 7) is 10.5. The van der Waals surface area contributed by atoms with Crippen molar-refractivity contribution in [2.24, 2.45) is 11.7 Å². The Morgan fingerprint density at radius 1 is 1.43 bits per heavy atom. The lowest BCUT2D eigenvalue weighted by molar-refractivity contribution is 0.0883. The Labute approximate surface area is 133 Å². The molecule has 0 saturated heterocycles. The Hall–Kier alpha value is -1.52. The van der Waals surface area contributed by atoms with Gasteiger partial charge in [0, 0.05) is 12.1 Å². The molecule has 0 aromatic heterocycles. The topological polar surface area (TPSA) is 64.3 Å². The van der Waals surface area contributed by atoms with Crippen LogP contribution >= 0.6 is 12.4 Å². The number of halogens is 1. The Bertz CT molecular complexity index is 460. The average Bonchev–Trinajstić information content (AvgIpc) is 2.45. The third kappa shape index (κ3) is 5.40. The molecule has 0 saturated carbocycles. The molecule has 0 fully saturated rings. The van der Waals surface area contributed by atoms with Crippen molar-refractivity contribution >= 4 is 18.3 Å². The van der Waals surface area contributed by atoms with Gasteiger partial charge < -0.3 is 15.8 Å². The van der Waals surface area contributed by atoms with Crippen LogP contribution in [-0.4, -0.2) is 24.6 Å². The lowest BCUT2D eigenvalue weighted by atomic mass is 9.88. The summed E-state index contributed by atoms with van der Waals surface area (Å²) < 4.78 is 5.38. The maximum Gasteiger partial charge on any atom is 0.251 e. The van der Waals surface area contributed by atoms with Crippen LogP contribution in [0.4, 0.5) is 0 Å². The molecular weight excluding hydrogens is 288 g/mol. The second-order valence-corrected chi connectivity index (χ2v) is 5.35. The molecule has 0 radical (unpaired) electrons. The van der Waals surface area contributed by atoms with Gasteiger partial charge in [-0.2, -0.15) is 0 Å². The van der Waals surface area contributed by atoms with Gasteiger partial charge in [-0.05, 0) is 37.1 Å². The van der Waals surface area contributed by atoms with E-state index in [1.807, 2.05) is 20.8 Å². The highest BCUT2D eigenvalue weighted by Gasteiger charge is 2.28. The molecule has 1 aromatic rings. The van der Waals surface area contributed by atoms with Crippen molar-refractivity contribution in [3.63, 3.8) is 0 Å². The number of carbonyl (C=O) groups is 1. The maximum absolute atomic E-state index is 12.2. The zero-order valence-electron chi connectivity index (χ0n) is 12.9. The number of nitrogens with one attached hydrogen (secondary N) is 1. The number of ether oxygens (including phenoxy) is 1. The van der Waals surface area contributed by atoms with Gasteiger partial charge in [-0.15, -0.1) is 12.4 Å². The lowest BCUT2D eigenvalue weighted by Gasteiger charge is -2.33. The van der Waals surface area contributed by atoms with E-state index < -0.39 is 5.54 Å². The Balaban J connectivity index is 0.00000400. The molecule has 1 unspecified atom stereocenters. The van der Waals surface area contributed by atoms with Gasteiger partial charge in [0.25, 0.3) is 5.91 Å². The SMILES string of the molecule is C=CCOc1ccc(C(=O)NC(C)(CN)C(C)C)cc1.Cl. The standard InChI is InChI=1S/C16H24N2O2.ClH/c1-5-10-20-14-8-6-13(7-9-14)15(19)18-16(4,11-17)12(2)3;/h5-9,12H,1,10-11,17H2,2-4H3,(H,18,19);1H. The maximum atomic E-state index is 12.2. The molecule has 0 aliphatic rings. The lowest BCUT2D eigenvalue weighted by Crippen LogP contribution is -2.55. The molecule has 118 valence electrons. The fourth-order valence-electron chi connectivity index (χ4n) is 1.62. The Morgan fingerprint density at radius 2 is 2.00 bits per heavy atom. The van der Waals surface area contributed by atoms with Crippen LogP contribution in [0.2, 0.25) is 0 Å². The van der Waals surface area contributed by atoms with Gasteiger partial charge in [-0.1, -0.05) is 26.5 Å². The number of nitrogens with two attached hydrogens (primary N) is 1. The Kier molecular flexibility index (Phi) is 8.07. The van der Waals surface area contributed by atoms with E-state index >= 15 is 0 Å². The summed E-state index contributed by atoms with van der Waals surface area (Å²) in [7, 11) is 0. The van der Waals surface area contributed by atoms with Crippen LogP contribution in [-0.2, 0) is 0 Å². The van der Waals surface area contributed by atoms with E-state index in [1.54, 1.807) is 30.3 Å². The monoisotopic (exact) mass is 312 g/mol. The van der Waals surface area contributed by atoms with Crippen LogP contribution in [0.25, 0.3) is 0 Å². The smallest absolute Gasteiger partial charge is 0.251 e. The van der Waals surface area contributed by atoms with Gasteiger partial charge >= 0.3 is 0 Å². The van der Waals surface area contributed by atoms with E-state index in [2.05, 4.69) is 11.9 Å². The Morgan fingerprint density at radius 3 is 2.43 bits per heavy atom. The molecule has 4 nitrogen and oxygen atoms in total. The van der Waals surface area contributed by atoms with Gasteiger partial charge in [0.15, 0.2) is 0 Å². The summed E-state index contributed by atoms with van der Waals surface area (Å²) in [5.41, 5.74) is 5.96. The van der Waals surface area contributed by atoms with Crippen molar-refractivity contribution < 1.29 is 9.53 Å². The van der Waals surface area contributed by atoms with Gasteiger partial charge in [0.2, 0.25) is 0 Å². The highest BCUT2D eigenvalue weighted by molar-refractivity contribution is 5.94. The van der Waals surface area contributed by atoms with E-state index in [-0.39, 0.29) is 24.2 Å². The zero-order valence-corrected chi connectivity index (χ0v) is 13.7. The predicted octanol–water partition coefficient (Wildman–Crippen LogP) is 2.78. The van der Waals surface area contributed by atoms with E-state index in [0.29, 0.717) is 24.5 Å². The van der Waals surface area contributed by atoms with Gasteiger partial charge in [0.05, 0.1) is 5.54 Å². The van der Waals surface area contributed by atoms with Crippen molar-refractivity contribution in [1.82, 2.24) is 5.32 Å². The van der Waals surface area contributed by atoms with Crippen LogP contribution < -0.4 is 15.8 Å². The third-order valence-corrected chi connectivity index (χ3v) is 3.58. The molecule has 1 atom stereocenters. The first-order chi connectivity index (χ1) is 9.42. The number of amides is 1. The van der Waals surface area contributed by atoms with E-state index in [0.717, 1.165) is 0 Å². The highest BCUT2D eigenvalue weighted by Crippen LogP contribution is 2.17. The van der Waals surface area contributed by atoms with E-state index in [4.69, 9.17) is 10.5 Å². The molecule has 1 amide bonds. The van der Waals surface area contributed by atoms with Crippen molar-refractivity contribution in [3.8, 4) is 5.75 Å². The van der Waals surface area contributed by atoms with Crippen LogP contribution in [0.15, 0.2) is 36.9 Å². The highest BCUT2D eigenvalue weighted by atomic mass is 35.5. The molecule has 1 rings (SSSR count). The van der Waals surface area contributed by atoms with E-state index in [1.165, 1.54) is 0 Å². The normalized spacial score (nSPS) is 13.0. The molecule has 0 spiro atoms. The van der Waals surface area contributed by atoms with Crippen LogP contribution in [0.1, 0.15) is 31.1 Å². The number of rotatable bonds is 7. The zero-order chi connectivity index (χ0) is 15.2. The fourth-order valence-corrected chi connectivity index (χ4v) is 1.62. The molecule has 0 aliphatic carbocycles. The second kappa shape index (κ2) is 8.70. The summed E-state index contributed by atoms with van der Waals surface area (Å²) in [5.74, 6) is 0.848. The first kappa shape index (κ1) is 19.5. The number of carbonyl (C=O) groups excluding carboxylic acids is 1. The van der Waals surface area contributed by atoms with E-state index in [9.17, 15) is 4.79 Å². The molecule has 0 bridgehead atoms. The molecule has 3 N–H and O–H groups in total. The van der Waals surface area contributed by atoms with Gasteiger partial charge in [0.1, 0.15) is 12.4 Å². The average molecular weight is 313 g/mol. The summed E-state index contributed by atoms with van der Waals surface area (Å²) in [6, 6.07) is 7.02. The van der Waals surface area contributed by atoms with Crippen molar-refractivity contribution in [2.75, 3.05) is 13.2 Å². The first-order valence-corrected chi connectivity index (χ1v) is 6.79. The fraction of sp³-hybridized carbons (Fsp3) is 0.438. The van der Waals surface area contributed by atoms with Crippen molar-refractivity contribution in [3.05, 3.63) is 42.5 Å². The molecule has 1 aromatic carbocycles. The number of benzene rings is 1. The summed E-state index contributed by atoms with van der Waals surface area (Å²) in [6.07, 6.45) is 1.68. The molecule has 0 heterocycles. The summed E-state index contributed by atoms with van der Waals surface area (Å²) >= 11 is 0. The van der Waals surface area contributed by atoms with Crippen LogP contribution in [0, 0.1) is 5.92 Å². The number of hydrogen-bond acceptors (Lipinski definition) is 3. The quantitative estimate of drug-likeness (QED) is 0.761. The van der Waals surface area contributed by atoms with Gasteiger partial charge in [-0.3, -0.25) is 4.79 Å². The second-order valence-electron chi connectivity index (χ2n) is 5.35. The largest absolute Gasteiger partial charge is 0.490 e. The summed E-state index contributed by atoms with van der Waals surface area (Å²) in [5, 5.41) is 3.00.